The number of para-hydroxylation sites is 2. The first kappa shape index (κ1) is 29.0. The van der Waals surface area contributed by atoms with Crippen LogP contribution in [-0.2, 0) is 26.6 Å². The van der Waals surface area contributed by atoms with E-state index in [2.05, 4.69) is 10.3 Å². The standard InChI is InChI=1S/C28H24ClN5O6S2/c1-17-25(26(36)34(32(17)2)18-9-5-4-6-10-18)33(3)42(38,39)19-13-14-21(29)20(15-19)27(37)40-16-24(35)31-28-30-22-11-7-8-12-23(22)41-28/h4-15H,16H2,1-3H3,(H,30,31,35). The van der Waals surface area contributed by atoms with Gasteiger partial charge in [-0.15, -0.1) is 0 Å². The van der Waals surface area contributed by atoms with Crippen LogP contribution in [0, 0.1) is 6.92 Å². The number of aromatic nitrogens is 3. The Labute approximate surface area is 249 Å². The van der Waals surface area contributed by atoms with Crippen molar-refractivity contribution in [2.75, 3.05) is 23.3 Å². The van der Waals surface area contributed by atoms with Crippen LogP contribution >= 0.6 is 22.9 Å². The maximum absolute atomic E-state index is 13.6. The third-order valence-electron chi connectivity index (χ3n) is 6.53. The Hall–Kier alpha value is -4.46. The largest absolute Gasteiger partial charge is 0.452 e. The van der Waals surface area contributed by atoms with Gasteiger partial charge in [-0.3, -0.25) is 23.9 Å². The normalized spacial score (nSPS) is 11.4. The van der Waals surface area contributed by atoms with Gasteiger partial charge in [-0.25, -0.2) is 22.9 Å². The lowest BCUT2D eigenvalue weighted by Crippen LogP contribution is -2.32. The first-order valence-electron chi connectivity index (χ1n) is 12.4. The number of halogens is 1. The number of nitrogens with one attached hydrogen (secondary N) is 1. The van der Waals surface area contributed by atoms with Crippen molar-refractivity contribution in [3.63, 3.8) is 0 Å². The summed E-state index contributed by atoms with van der Waals surface area (Å²) in [5, 5.41) is 2.84. The van der Waals surface area contributed by atoms with E-state index in [1.165, 1.54) is 35.2 Å². The molecular weight excluding hydrogens is 602 g/mol. The van der Waals surface area contributed by atoms with Crippen LogP contribution in [0.15, 0.2) is 82.5 Å². The molecule has 2 heterocycles. The van der Waals surface area contributed by atoms with Gasteiger partial charge in [-0.1, -0.05) is 53.3 Å². The Balaban J connectivity index is 1.35. The molecule has 0 aliphatic rings. The number of hydrogen-bond donors (Lipinski definition) is 1. The van der Waals surface area contributed by atoms with Crippen LogP contribution in [-0.4, -0.2) is 48.3 Å². The fourth-order valence-corrected chi connectivity index (χ4v) is 6.66. The van der Waals surface area contributed by atoms with Crippen LogP contribution in [0.4, 0.5) is 10.8 Å². The monoisotopic (exact) mass is 625 g/mol. The van der Waals surface area contributed by atoms with Crippen LogP contribution in [0.3, 0.4) is 0 Å². The average Bonchev–Trinajstić information content (AvgIpc) is 3.48. The third-order valence-corrected chi connectivity index (χ3v) is 9.56. The molecular formula is C28H24ClN5O6S2. The molecule has 14 heteroatoms. The summed E-state index contributed by atoms with van der Waals surface area (Å²) in [5.41, 5.74) is 0.822. The smallest absolute Gasteiger partial charge is 0.340 e. The predicted octanol–water partition coefficient (Wildman–Crippen LogP) is 4.37. The lowest BCUT2D eigenvalue weighted by atomic mass is 10.2. The number of nitrogens with zero attached hydrogens (tertiary/aromatic N) is 4. The number of amides is 1. The summed E-state index contributed by atoms with van der Waals surface area (Å²) in [6, 6.07) is 19.7. The Kier molecular flexibility index (Phi) is 7.91. The number of thiazole rings is 1. The molecule has 1 amide bonds. The van der Waals surface area contributed by atoms with Crippen molar-refractivity contribution in [1.82, 2.24) is 14.3 Å². The summed E-state index contributed by atoms with van der Waals surface area (Å²) < 4.78 is 37.0. The van der Waals surface area contributed by atoms with Gasteiger partial charge in [0.1, 0.15) is 5.69 Å². The van der Waals surface area contributed by atoms with Crippen LogP contribution in [0.5, 0.6) is 0 Å². The number of carbonyl (C=O) groups excluding carboxylic acids is 2. The molecule has 216 valence electrons. The highest BCUT2D eigenvalue weighted by molar-refractivity contribution is 7.92. The molecule has 0 fully saturated rings. The minimum absolute atomic E-state index is 0.0630. The number of sulfonamides is 1. The molecule has 3 aromatic carbocycles. The molecule has 2 aromatic heterocycles. The molecule has 0 unspecified atom stereocenters. The molecule has 11 nitrogen and oxygen atoms in total. The van der Waals surface area contributed by atoms with E-state index < -0.39 is 34.1 Å². The van der Waals surface area contributed by atoms with Crippen molar-refractivity contribution in [2.45, 2.75) is 11.8 Å². The van der Waals surface area contributed by atoms with Crippen molar-refractivity contribution in [1.29, 1.82) is 0 Å². The van der Waals surface area contributed by atoms with Gasteiger partial charge in [-0.05, 0) is 49.4 Å². The summed E-state index contributed by atoms with van der Waals surface area (Å²) in [5.74, 6) is -1.63. The Morgan fingerprint density at radius 1 is 1.07 bits per heavy atom. The highest BCUT2D eigenvalue weighted by atomic mass is 35.5. The second kappa shape index (κ2) is 11.4. The number of hydrogen-bond acceptors (Lipinski definition) is 8. The van der Waals surface area contributed by atoms with Gasteiger partial charge in [0.05, 0.1) is 37.1 Å². The zero-order chi connectivity index (χ0) is 30.2. The van der Waals surface area contributed by atoms with Gasteiger partial charge in [-0.2, -0.15) is 0 Å². The minimum Gasteiger partial charge on any atom is -0.452 e. The highest BCUT2D eigenvalue weighted by Gasteiger charge is 2.30. The minimum atomic E-state index is -4.33. The quantitative estimate of drug-likeness (QED) is 0.253. The topological polar surface area (TPSA) is 133 Å². The van der Waals surface area contributed by atoms with Gasteiger partial charge in [0.2, 0.25) is 0 Å². The molecule has 0 aliphatic heterocycles. The van der Waals surface area contributed by atoms with Gasteiger partial charge >= 0.3 is 5.97 Å². The number of benzene rings is 3. The molecule has 0 spiro atoms. The number of fused-ring (bicyclic) bond motifs is 1. The van der Waals surface area contributed by atoms with E-state index in [1.54, 1.807) is 55.1 Å². The molecule has 1 N–H and O–H groups in total. The molecule has 5 aromatic rings. The van der Waals surface area contributed by atoms with Crippen molar-refractivity contribution < 1.29 is 22.7 Å². The molecule has 0 saturated heterocycles. The third kappa shape index (κ3) is 5.41. The summed E-state index contributed by atoms with van der Waals surface area (Å²) in [4.78, 5) is 42.6. The number of anilines is 2. The number of rotatable bonds is 8. The van der Waals surface area contributed by atoms with Gasteiger partial charge < -0.3 is 4.74 Å². The van der Waals surface area contributed by atoms with Crippen LogP contribution in [0.2, 0.25) is 5.02 Å². The maximum atomic E-state index is 13.6. The van der Waals surface area contributed by atoms with Crippen molar-refractivity contribution in [3.8, 4) is 5.69 Å². The Morgan fingerprint density at radius 2 is 1.76 bits per heavy atom. The van der Waals surface area contributed by atoms with E-state index in [-0.39, 0.29) is 21.2 Å². The van der Waals surface area contributed by atoms with Gasteiger partial charge in [0.15, 0.2) is 11.7 Å². The summed E-state index contributed by atoms with van der Waals surface area (Å²) in [6.07, 6.45) is 0. The van der Waals surface area contributed by atoms with E-state index in [0.29, 0.717) is 22.0 Å². The highest BCUT2D eigenvalue weighted by Crippen LogP contribution is 2.28. The molecule has 0 bridgehead atoms. The molecule has 0 atom stereocenters. The summed E-state index contributed by atoms with van der Waals surface area (Å²) >= 11 is 7.46. The number of esters is 1. The molecule has 42 heavy (non-hydrogen) atoms. The van der Waals surface area contributed by atoms with E-state index in [9.17, 15) is 22.8 Å². The first-order valence-corrected chi connectivity index (χ1v) is 15.1. The SMILES string of the molecule is Cc1c(N(C)S(=O)(=O)c2ccc(Cl)c(C(=O)OCC(=O)Nc3nc4ccccc4s3)c2)c(=O)n(-c2ccccc2)n1C. The average molecular weight is 626 g/mol. The zero-order valence-electron chi connectivity index (χ0n) is 22.6. The lowest BCUT2D eigenvalue weighted by molar-refractivity contribution is -0.119. The molecule has 0 radical (unpaired) electrons. The summed E-state index contributed by atoms with van der Waals surface area (Å²) in [6.45, 7) is 0.983. The zero-order valence-corrected chi connectivity index (χ0v) is 25.0. The number of carbonyl (C=O) groups is 2. The van der Waals surface area contributed by atoms with Crippen molar-refractivity contribution in [3.05, 3.63) is 99.4 Å². The van der Waals surface area contributed by atoms with Crippen LogP contribution in [0.1, 0.15) is 16.1 Å². The molecule has 5 rings (SSSR count). The molecule has 0 saturated carbocycles. The van der Waals surface area contributed by atoms with Crippen molar-refractivity contribution >= 4 is 65.9 Å². The lowest BCUT2D eigenvalue weighted by Gasteiger charge is -2.18. The van der Waals surface area contributed by atoms with E-state index in [1.807, 2.05) is 18.2 Å². The van der Waals surface area contributed by atoms with E-state index in [0.717, 1.165) is 15.1 Å². The maximum Gasteiger partial charge on any atom is 0.340 e. The Morgan fingerprint density at radius 3 is 2.48 bits per heavy atom. The van der Waals surface area contributed by atoms with E-state index in [4.69, 9.17) is 16.3 Å². The summed E-state index contributed by atoms with van der Waals surface area (Å²) in [7, 11) is -1.42. The van der Waals surface area contributed by atoms with Crippen LogP contribution < -0.4 is 15.2 Å². The Bertz CT molecular complexity index is 1970. The van der Waals surface area contributed by atoms with Gasteiger partial charge in [0, 0.05) is 14.1 Å². The second-order valence-electron chi connectivity index (χ2n) is 9.14. The van der Waals surface area contributed by atoms with Crippen LogP contribution in [0.25, 0.3) is 15.9 Å². The molecule has 0 aliphatic carbocycles. The predicted molar refractivity (Wildman–Crippen MR) is 161 cm³/mol. The second-order valence-corrected chi connectivity index (χ2v) is 12.5. The fraction of sp³-hybridized carbons (Fsp3) is 0.143. The van der Waals surface area contributed by atoms with E-state index >= 15 is 0 Å². The van der Waals surface area contributed by atoms with Gasteiger partial charge in [0.25, 0.3) is 21.5 Å². The number of ether oxygens (including phenoxy) is 1. The fourth-order valence-electron chi connectivity index (χ4n) is 4.31. The van der Waals surface area contributed by atoms with Crippen molar-refractivity contribution in [2.24, 2.45) is 7.05 Å². The first-order chi connectivity index (χ1) is 20.0.